The van der Waals surface area contributed by atoms with Crippen molar-refractivity contribution in [3.63, 3.8) is 0 Å². The van der Waals surface area contributed by atoms with Crippen LogP contribution in [0.15, 0.2) is 52.7 Å². The maximum atomic E-state index is 13.6. The summed E-state index contributed by atoms with van der Waals surface area (Å²) in [7, 11) is 2.90. The number of fused-ring (bicyclic) bond motifs is 1. The number of amidine groups is 1. The molecule has 2 heterocycles. The van der Waals surface area contributed by atoms with Gasteiger partial charge in [-0.1, -0.05) is 17.7 Å². The van der Waals surface area contributed by atoms with Gasteiger partial charge in [0.05, 0.1) is 30.0 Å². The van der Waals surface area contributed by atoms with Crippen molar-refractivity contribution in [1.82, 2.24) is 10.3 Å². The summed E-state index contributed by atoms with van der Waals surface area (Å²) in [6.45, 7) is 1.75. The van der Waals surface area contributed by atoms with Crippen LogP contribution in [0.2, 0.25) is 5.02 Å². The van der Waals surface area contributed by atoms with Crippen LogP contribution in [0.25, 0.3) is 10.2 Å². The minimum absolute atomic E-state index is 0.174. The second-order valence-electron chi connectivity index (χ2n) is 6.55. The van der Waals surface area contributed by atoms with Gasteiger partial charge in [-0.25, -0.2) is 14.2 Å². The molecule has 4 rings (SSSR count). The number of carbonyl (C=O) groups is 1. The van der Waals surface area contributed by atoms with Gasteiger partial charge in [-0.15, -0.1) is 11.3 Å². The van der Waals surface area contributed by atoms with Gasteiger partial charge in [-0.05, 0) is 37.3 Å². The number of benzene rings is 2. The minimum Gasteiger partial charge on any atom is -0.497 e. The van der Waals surface area contributed by atoms with Gasteiger partial charge in [-0.2, -0.15) is 0 Å². The van der Waals surface area contributed by atoms with Crippen molar-refractivity contribution in [3.8, 4) is 5.75 Å². The van der Waals surface area contributed by atoms with Gasteiger partial charge in [0.1, 0.15) is 17.6 Å². The Labute approximate surface area is 181 Å². The van der Waals surface area contributed by atoms with E-state index in [0.717, 1.165) is 16.0 Å². The number of methoxy groups -OCH3 is 2. The van der Waals surface area contributed by atoms with E-state index in [1.54, 1.807) is 14.0 Å². The Morgan fingerprint density at radius 1 is 1.23 bits per heavy atom. The maximum absolute atomic E-state index is 13.6. The average molecular weight is 446 g/mol. The van der Waals surface area contributed by atoms with E-state index in [-0.39, 0.29) is 5.02 Å². The highest BCUT2D eigenvalue weighted by atomic mass is 35.5. The molecule has 1 N–H and O–H groups in total. The molecule has 0 fully saturated rings. The summed E-state index contributed by atoms with van der Waals surface area (Å²) in [5.74, 6) is 0.214. The number of hydrogen-bond donors (Lipinski definition) is 1. The number of allylic oxidation sites excluding steroid dienone is 1. The topological polar surface area (TPSA) is 72.8 Å². The molecule has 2 aromatic carbocycles. The van der Waals surface area contributed by atoms with Crippen LogP contribution in [0.4, 0.5) is 4.39 Å². The molecular weight excluding hydrogens is 429 g/mol. The van der Waals surface area contributed by atoms with Gasteiger partial charge in [0.15, 0.2) is 10.8 Å². The Morgan fingerprint density at radius 2 is 2.03 bits per heavy atom. The number of ether oxygens (including phenoxy) is 2. The molecule has 0 aliphatic carbocycles. The van der Waals surface area contributed by atoms with Gasteiger partial charge in [-0.3, -0.25) is 4.99 Å². The van der Waals surface area contributed by atoms with Gasteiger partial charge < -0.3 is 14.8 Å². The van der Waals surface area contributed by atoms with Crippen molar-refractivity contribution in [2.24, 2.45) is 4.99 Å². The summed E-state index contributed by atoms with van der Waals surface area (Å²) in [6.07, 6.45) is 0. The monoisotopic (exact) mass is 445 g/mol. The summed E-state index contributed by atoms with van der Waals surface area (Å²) in [4.78, 5) is 21.8. The fourth-order valence-corrected chi connectivity index (χ4v) is 4.46. The van der Waals surface area contributed by atoms with Crippen LogP contribution >= 0.6 is 22.9 Å². The number of aromatic nitrogens is 1. The second kappa shape index (κ2) is 8.04. The van der Waals surface area contributed by atoms with Crippen molar-refractivity contribution in [2.45, 2.75) is 13.0 Å². The second-order valence-corrected chi connectivity index (χ2v) is 7.99. The Morgan fingerprint density at radius 3 is 2.73 bits per heavy atom. The van der Waals surface area contributed by atoms with E-state index in [4.69, 9.17) is 26.1 Å². The molecule has 0 saturated carbocycles. The zero-order chi connectivity index (χ0) is 21.4. The third-order valence-electron chi connectivity index (χ3n) is 4.70. The van der Waals surface area contributed by atoms with Crippen LogP contribution < -0.4 is 10.1 Å². The molecule has 9 heteroatoms. The zero-order valence-corrected chi connectivity index (χ0v) is 17.9. The summed E-state index contributed by atoms with van der Waals surface area (Å²) >= 11 is 7.72. The van der Waals surface area contributed by atoms with E-state index in [1.165, 1.54) is 36.6 Å². The molecule has 3 aromatic rings. The van der Waals surface area contributed by atoms with Gasteiger partial charge in [0, 0.05) is 16.3 Å². The first-order valence-corrected chi connectivity index (χ1v) is 10.1. The molecule has 1 unspecified atom stereocenters. The standard InChI is InChI=1S/C21H17ClFN3O3S/c1-10-17(21(27)29-3)18(13-6-4-11(23)8-14(13)22)26-19(24-10)20-25-15-7-5-12(28-2)9-16(15)30-20/h4-9,18H,1-3H3,(H,24,26). The number of esters is 1. The number of rotatable bonds is 4. The normalized spacial score (nSPS) is 16.3. The lowest BCUT2D eigenvalue weighted by atomic mass is 9.96. The van der Waals surface area contributed by atoms with Crippen LogP contribution in [0.1, 0.15) is 23.5 Å². The fraction of sp³-hybridized carbons (Fsp3) is 0.190. The van der Waals surface area contributed by atoms with Gasteiger partial charge >= 0.3 is 5.97 Å². The zero-order valence-electron chi connectivity index (χ0n) is 16.3. The number of halogens is 2. The quantitative estimate of drug-likeness (QED) is 0.592. The Bertz CT molecular complexity index is 1220. The molecule has 1 aromatic heterocycles. The van der Waals surface area contributed by atoms with Crippen molar-refractivity contribution < 1.29 is 18.7 Å². The van der Waals surface area contributed by atoms with E-state index >= 15 is 0 Å². The largest absolute Gasteiger partial charge is 0.497 e. The van der Waals surface area contributed by atoms with Gasteiger partial charge in [0.25, 0.3) is 0 Å². The van der Waals surface area contributed by atoms with E-state index in [1.807, 2.05) is 18.2 Å². The van der Waals surface area contributed by atoms with Gasteiger partial charge in [0.2, 0.25) is 0 Å². The summed E-state index contributed by atoms with van der Waals surface area (Å²) in [5, 5.41) is 3.96. The molecule has 0 bridgehead atoms. The van der Waals surface area contributed by atoms with Crippen molar-refractivity contribution >= 4 is 45.0 Å². The van der Waals surface area contributed by atoms with Crippen LogP contribution in [0.5, 0.6) is 5.75 Å². The Kier molecular flexibility index (Phi) is 5.44. The number of carbonyl (C=O) groups excluding carboxylic acids is 1. The number of nitrogens with one attached hydrogen (secondary N) is 1. The van der Waals surface area contributed by atoms with E-state index in [2.05, 4.69) is 10.3 Å². The molecule has 154 valence electrons. The third kappa shape index (κ3) is 3.64. The molecule has 1 aliphatic heterocycles. The molecular formula is C21H17ClFN3O3S. The van der Waals surface area contributed by atoms with Crippen LogP contribution in [0, 0.1) is 5.82 Å². The van der Waals surface area contributed by atoms with Crippen LogP contribution in [0.3, 0.4) is 0 Å². The lowest BCUT2D eigenvalue weighted by molar-refractivity contribution is -0.136. The fourth-order valence-electron chi connectivity index (χ4n) is 3.24. The van der Waals surface area contributed by atoms with Crippen molar-refractivity contribution in [1.29, 1.82) is 0 Å². The Hall–Kier alpha value is -2.97. The number of nitrogens with zero attached hydrogens (tertiary/aromatic N) is 2. The Balaban J connectivity index is 1.83. The summed E-state index contributed by atoms with van der Waals surface area (Å²) in [6, 6.07) is 8.85. The number of hydrogen-bond acceptors (Lipinski definition) is 7. The first kappa shape index (κ1) is 20.3. The van der Waals surface area contributed by atoms with E-state index in [9.17, 15) is 9.18 Å². The van der Waals surface area contributed by atoms with E-state index < -0.39 is 17.8 Å². The molecule has 0 spiro atoms. The summed E-state index contributed by atoms with van der Waals surface area (Å²) < 4.78 is 24.7. The first-order chi connectivity index (χ1) is 14.4. The summed E-state index contributed by atoms with van der Waals surface area (Å²) in [5.41, 5.74) is 2.17. The minimum atomic E-state index is -0.761. The molecule has 1 atom stereocenters. The number of thiazole rings is 1. The molecule has 0 radical (unpaired) electrons. The van der Waals surface area contributed by atoms with E-state index in [0.29, 0.717) is 27.7 Å². The lowest BCUT2D eigenvalue weighted by Crippen LogP contribution is -2.32. The maximum Gasteiger partial charge on any atom is 0.338 e. The molecule has 0 saturated heterocycles. The lowest BCUT2D eigenvalue weighted by Gasteiger charge is -2.25. The average Bonchev–Trinajstić information content (AvgIpc) is 3.16. The third-order valence-corrected chi connectivity index (χ3v) is 6.05. The predicted octanol–water partition coefficient (Wildman–Crippen LogP) is 4.64. The SMILES string of the molecule is COC(=O)C1=C(C)NC(c2nc3ccc(OC)cc3s2)=NC1c1ccc(F)cc1Cl. The molecule has 1 aliphatic rings. The first-order valence-electron chi connectivity index (χ1n) is 8.95. The van der Waals surface area contributed by atoms with Crippen LogP contribution in [-0.2, 0) is 9.53 Å². The molecule has 0 amide bonds. The smallest absolute Gasteiger partial charge is 0.338 e. The number of aliphatic imine (C=N–C) groups is 1. The highest BCUT2D eigenvalue weighted by Gasteiger charge is 2.32. The highest BCUT2D eigenvalue weighted by molar-refractivity contribution is 7.20. The molecule has 30 heavy (non-hydrogen) atoms. The van der Waals surface area contributed by atoms with Crippen molar-refractivity contribution in [3.05, 3.63) is 69.1 Å². The molecule has 6 nitrogen and oxygen atoms in total. The van der Waals surface area contributed by atoms with Crippen LogP contribution in [-0.4, -0.2) is 31.0 Å². The highest BCUT2D eigenvalue weighted by Crippen LogP contribution is 2.37. The van der Waals surface area contributed by atoms with Crippen molar-refractivity contribution in [2.75, 3.05) is 14.2 Å². The predicted molar refractivity (Wildman–Crippen MR) is 115 cm³/mol.